The molecule has 0 saturated heterocycles. The lowest BCUT2D eigenvalue weighted by Gasteiger charge is -2.24. The van der Waals surface area contributed by atoms with Crippen molar-refractivity contribution in [2.75, 3.05) is 5.73 Å². The molecule has 0 aliphatic heterocycles. The summed E-state index contributed by atoms with van der Waals surface area (Å²) in [7, 11) is 0. The molecule has 5 atom stereocenters. The van der Waals surface area contributed by atoms with E-state index < -0.39 is 12.2 Å². The predicted molar refractivity (Wildman–Crippen MR) is 128 cm³/mol. The molecule has 0 amide bonds. The zero-order valence-corrected chi connectivity index (χ0v) is 19.3. The Balaban J connectivity index is 1.26. The van der Waals surface area contributed by atoms with Crippen LogP contribution in [0.1, 0.15) is 30.0 Å². The van der Waals surface area contributed by atoms with Gasteiger partial charge < -0.3 is 20.5 Å². The van der Waals surface area contributed by atoms with Crippen LogP contribution in [0.4, 0.5) is 5.82 Å². The average Bonchev–Trinajstić information content (AvgIpc) is 3.27. The Morgan fingerprint density at radius 3 is 2.91 bits per heavy atom. The number of aryl methyl sites for hydroxylation is 2. The number of pyridine rings is 2. The van der Waals surface area contributed by atoms with E-state index in [1.54, 1.807) is 0 Å². The maximum atomic E-state index is 11.1. The van der Waals surface area contributed by atoms with Gasteiger partial charge in [-0.15, -0.1) is 0 Å². The topological polar surface area (TPSA) is 97.2 Å². The number of halogens is 1. The van der Waals surface area contributed by atoms with Crippen molar-refractivity contribution in [1.82, 2.24) is 14.5 Å². The van der Waals surface area contributed by atoms with Gasteiger partial charge in [-0.1, -0.05) is 12.1 Å². The van der Waals surface area contributed by atoms with Gasteiger partial charge in [-0.25, -0.2) is 9.97 Å². The molecule has 1 aromatic carbocycles. The first-order chi connectivity index (χ1) is 15.4. The van der Waals surface area contributed by atoms with E-state index in [4.69, 9.17) is 5.73 Å². The van der Waals surface area contributed by atoms with Crippen LogP contribution in [-0.4, -0.2) is 37.0 Å². The first-order valence-electron chi connectivity index (χ1n) is 11.0. The lowest BCUT2D eigenvalue weighted by molar-refractivity contribution is -0.0191. The van der Waals surface area contributed by atoms with Crippen LogP contribution in [0.5, 0.6) is 0 Å². The highest BCUT2D eigenvalue weighted by atomic mass is 79.9. The number of hydrogen-bond acceptors (Lipinski definition) is 5. The summed E-state index contributed by atoms with van der Waals surface area (Å²) in [6, 6.07) is 12.1. The standard InChI is InChI=1S/C25H25BrN4O2/c1-13-5-8-28-24-16(13)6-9-30(24)20-17-12-25(17,22(32)21(20)31)7-4-14-2-3-15-11-18(26)23(27)29-19(15)10-14/h2-3,5-6,8-11,17,20-22,31-32H,4,7,12H2,1H3,(H2,27,29)/t17-,20-,21+,22+,25-/m1/s1. The fourth-order valence-electron chi connectivity index (χ4n) is 5.88. The monoisotopic (exact) mass is 492 g/mol. The molecule has 3 heterocycles. The summed E-state index contributed by atoms with van der Waals surface area (Å²) in [5.41, 5.74) is 9.80. The number of nitrogens with two attached hydrogens (primary N) is 1. The third-order valence-corrected chi connectivity index (χ3v) is 8.38. The number of benzene rings is 1. The molecule has 2 saturated carbocycles. The van der Waals surface area contributed by atoms with Gasteiger partial charge in [0.25, 0.3) is 0 Å². The van der Waals surface area contributed by atoms with Crippen LogP contribution in [-0.2, 0) is 6.42 Å². The smallest absolute Gasteiger partial charge is 0.140 e. The SMILES string of the molecule is Cc1ccnc2c1ccn2[C@H]1[C@H](O)[C@H](O)[C@]2(CCc3ccc4cc(Br)c(N)nc4c3)C[C@H]12. The molecule has 164 valence electrons. The van der Waals surface area contributed by atoms with E-state index in [9.17, 15) is 10.2 Å². The summed E-state index contributed by atoms with van der Waals surface area (Å²) in [6.07, 6.45) is 4.88. The second kappa shape index (κ2) is 7.01. The Hall–Kier alpha value is -2.48. The highest BCUT2D eigenvalue weighted by Crippen LogP contribution is 2.69. The molecule has 4 aromatic rings. The van der Waals surface area contributed by atoms with Crippen molar-refractivity contribution >= 4 is 43.7 Å². The minimum Gasteiger partial charge on any atom is -0.390 e. The van der Waals surface area contributed by atoms with E-state index >= 15 is 0 Å². The van der Waals surface area contributed by atoms with E-state index in [-0.39, 0.29) is 17.4 Å². The molecular weight excluding hydrogens is 468 g/mol. The number of anilines is 1. The molecule has 0 unspecified atom stereocenters. The molecule has 3 aromatic heterocycles. The molecule has 4 N–H and O–H groups in total. The Morgan fingerprint density at radius 2 is 2.06 bits per heavy atom. The highest BCUT2D eigenvalue weighted by molar-refractivity contribution is 9.10. The average molecular weight is 493 g/mol. The molecule has 2 aliphatic carbocycles. The second-order valence-electron chi connectivity index (χ2n) is 9.44. The number of rotatable bonds is 4. The maximum absolute atomic E-state index is 11.1. The Morgan fingerprint density at radius 1 is 1.22 bits per heavy atom. The Labute approximate surface area is 194 Å². The third-order valence-electron chi connectivity index (χ3n) is 7.75. The van der Waals surface area contributed by atoms with E-state index in [2.05, 4.69) is 61.7 Å². The summed E-state index contributed by atoms with van der Waals surface area (Å²) in [5.74, 6) is 0.728. The van der Waals surface area contributed by atoms with Crippen molar-refractivity contribution < 1.29 is 10.2 Å². The van der Waals surface area contributed by atoms with Gasteiger partial charge in [-0.3, -0.25) is 0 Å². The first kappa shape index (κ1) is 20.1. The van der Waals surface area contributed by atoms with Gasteiger partial charge in [-0.2, -0.15) is 0 Å². The van der Waals surface area contributed by atoms with E-state index in [0.717, 1.165) is 45.7 Å². The van der Waals surface area contributed by atoms with Crippen LogP contribution >= 0.6 is 15.9 Å². The van der Waals surface area contributed by atoms with Crippen molar-refractivity contribution in [2.24, 2.45) is 11.3 Å². The highest BCUT2D eigenvalue weighted by Gasteiger charge is 2.70. The third kappa shape index (κ3) is 2.84. The van der Waals surface area contributed by atoms with Gasteiger partial charge in [0.05, 0.1) is 22.1 Å². The minimum atomic E-state index is -0.790. The fraction of sp³-hybridized carbons (Fsp3) is 0.360. The summed E-state index contributed by atoms with van der Waals surface area (Å²) >= 11 is 3.43. The molecule has 0 spiro atoms. The molecule has 2 aliphatic rings. The van der Waals surface area contributed by atoms with Crippen molar-refractivity contribution in [1.29, 1.82) is 0 Å². The number of aliphatic hydroxyl groups is 2. The zero-order valence-electron chi connectivity index (χ0n) is 17.7. The van der Waals surface area contributed by atoms with Gasteiger partial charge >= 0.3 is 0 Å². The normalized spacial score (nSPS) is 29.0. The quantitative estimate of drug-likeness (QED) is 0.397. The van der Waals surface area contributed by atoms with Crippen molar-refractivity contribution in [2.45, 2.75) is 44.4 Å². The molecule has 7 heteroatoms. The van der Waals surface area contributed by atoms with Crippen molar-refractivity contribution in [3.63, 3.8) is 0 Å². The summed E-state index contributed by atoms with van der Waals surface area (Å²) in [4.78, 5) is 9.05. The number of nitrogens with zero attached hydrogens (tertiary/aromatic N) is 3. The molecule has 6 nitrogen and oxygen atoms in total. The molecule has 0 radical (unpaired) electrons. The number of aliphatic hydroxyl groups excluding tert-OH is 2. The van der Waals surface area contributed by atoms with Crippen molar-refractivity contribution in [3.8, 4) is 0 Å². The molecular formula is C25H25BrN4O2. The first-order valence-corrected chi connectivity index (χ1v) is 11.8. The largest absolute Gasteiger partial charge is 0.390 e. The fourth-order valence-corrected chi connectivity index (χ4v) is 6.21. The van der Waals surface area contributed by atoms with Gasteiger partial charge in [0.15, 0.2) is 0 Å². The molecule has 0 bridgehead atoms. The van der Waals surface area contributed by atoms with Gasteiger partial charge in [-0.05, 0) is 83.4 Å². The predicted octanol–water partition coefficient (Wildman–Crippen LogP) is 4.15. The van der Waals surface area contributed by atoms with E-state index in [1.165, 1.54) is 11.1 Å². The minimum absolute atomic E-state index is 0.146. The summed E-state index contributed by atoms with van der Waals surface area (Å²) in [6.45, 7) is 2.07. The van der Waals surface area contributed by atoms with E-state index in [0.29, 0.717) is 5.82 Å². The lowest BCUT2D eigenvalue weighted by Crippen LogP contribution is -2.34. The number of aromatic nitrogens is 3. The van der Waals surface area contributed by atoms with Crippen LogP contribution in [0.3, 0.4) is 0 Å². The van der Waals surface area contributed by atoms with Gasteiger partial charge in [0.1, 0.15) is 17.6 Å². The van der Waals surface area contributed by atoms with E-state index in [1.807, 2.05) is 24.5 Å². The lowest BCUT2D eigenvalue weighted by atomic mass is 9.91. The zero-order chi connectivity index (χ0) is 22.2. The second-order valence-corrected chi connectivity index (χ2v) is 10.3. The number of nitrogen functional groups attached to an aromatic ring is 1. The van der Waals surface area contributed by atoms with Gasteiger partial charge in [0.2, 0.25) is 0 Å². The maximum Gasteiger partial charge on any atom is 0.140 e. The number of hydrogen-bond donors (Lipinski definition) is 3. The molecule has 32 heavy (non-hydrogen) atoms. The molecule has 6 rings (SSSR count). The molecule has 2 fully saturated rings. The number of fused-ring (bicyclic) bond motifs is 3. The van der Waals surface area contributed by atoms with Crippen LogP contribution < -0.4 is 5.73 Å². The van der Waals surface area contributed by atoms with Crippen molar-refractivity contribution in [3.05, 3.63) is 64.4 Å². The Bertz CT molecular complexity index is 1370. The van der Waals surface area contributed by atoms with Crippen LogP contribution in [0.2, 0.25) is 0 Å². The van der Waals surface area contributed by atoms with Crippen LogP contribution in [0.25, 0.3) is 21.9 Å². The van der Waals surface area contributed by atoms with Gasteiger partial charge in [0, 0.05) is 28.6 Å². The van der Waals surface area contributed by atoms with Crippen LogP contribution in [0.15, 0.2) is 53.3 Å². The summed E-state index contributed by atoms with van der Waals surface area (Å²) < 4.78 is 2.88. The Kier molecular flexibility index (Phi) is 4.41. The summed E-state index contributed by atoms with van der Waals surface area (Å²) in [5, 5.41) is 24.2. The van der Waals surface area contributed by atoms with Crippen LogP contribution in [0, 0.1) is 18.3 Å².